The first kappa shape index (κ1) is 47.9. The number of nitrogens with zero attached hydrogens (tertiary/aromatic N) is 6. The second-order valence-corrected chi connectivity index (χ2v) is 15.3. The maximum Gasteiger partial charge on any atom is 0.328 e. The van der Waals surface area contributed by atoms with E-state index in [1.54, 1.807) is 42.8 Å². The van der Waals surface area contributed by atoms with Gasteiger partial charge in [0, 0.05) is 45.7 Å². The van der Waals surface area contributed by atoms with Gasteiger partial charge in [-0.1, -0.05) is 76.5 Å². The molecule has 1 aliphatic rings. The van der Waals surface area contributed by atoms with Crippen molar-refractivity contribution in [1.29, 1.82) is 0 Å². The Balaban J connectivity index is 2.31. The molecular formula is C40H66N8O8. The fraction of sp³-hybridized carbons (Fsp3) is 0.725. The summed E-state index contributed by atoms with van der Waals surface area (Å²) in [5.41, 5.74) is 9.79. The average Bonchev–Trinajstić information content (AvgIpc) is 3.66. The van der Waals surface area contributed by atoms with Crippen LogP contribution in [0.25, 0.3) is 10.4 Å². The molecule has 1 aromatic rings. The minimum Gasteiger partial charge on any atom is -0.467 e. The normalized spacial score (nSPS) is 18.4. The van der Waals surface area contributed by atoms with E-state index in [1.807, 2.05) is 58.0 Å². The third-order valence-corrected chi connectivity index (χ3v) is 11.0. The van der Waals surface area contributed by atoms with Crippen molar-refractivity contribution in [3.05, 3.63) is 46.3 Å². The number of amides is 4. The molecule has 1 heterocycles. The van der Waals surface area contributed by atoms with Gasteiger partial charge in [0.2, 0.25) is 23.6 Å². The highest BCUT2D eigenvalue weighted by atomic mass is 16.5. The highest BCUT2D eigenvalue weighted by molar-refractivity contribution is 5.90. The largest absolute Gasteiger partial charge is 0.467 e. The van der Waals surface area contributed by atoms with Gasteiger partial charge in [-0.25, -0.2) is 4.79 Å². The van der Waals surface area contributed by atoms with E-state index < -0.39 is 60.2 Å². The fourth-order valence-corrected chi connectivity index (χ4v) is 7.92. The van der Waals surface area contributed by atoms with Crippen molar-refractivity contribution in [2.24, 2.45) is 22.9 Å². The Labute approximate surface area is 332 Å². The Kier molecular flexibility index (Phi) is 20.3. The molecule has 2 N–H and O–H groups in total. The third kappa shape index (κ3) is 13.2. The standard InChI is InChI=1S/C40H66N8O8/c1-12-26(4)35(47(8)39(52)29(20-21-42-45-41)43-38(51)34(25(2)3)46(6)7)32(54-9)24-33(49)48-22-16-19-31(48)36(55-10)27(5)37(50)44-30(40(53)56-11)23-28-17-14-13-15-18-28/h13-15,17-18,25-27,29-32,34-36H,12,16,19-24H2,1-11H3,(H,43,51)(H,44,50)/t26-,27+,29?,30?,31?,32+,34?,35-,36+/m0/s1. The van der Waals surface area contributed by atoms with Crippen molar-refractivity contribution in [3.63, 3.8) is 0 Å². The van der Waals surface area contributed by atoms with Crippen LogP contribution in [0.2, 0.25) is 0 Å². The lowest BCUT2D eigenvalue weighted by Gasteiger charge is -2.40. The number of carbonyl (C=O) groups is 5. The Morgan fingerprint density at radius 1 is 0.964 bits per heavy atom. The van der Waals surface area contributed by atoms with Crippen LogP contribution in [0.4, 0.5) is 0 Å². The molecule has 0 spiro atoms. The molecule has 56 heavy (non-hydrogen) atoms. The summed E-state index contributed by atoms with van der Waals surface area (Å²) >= 11 is 0. The van der Waals surface area contributed by atoms with Gasteiger partial charge >= 0.3 is 5.97 Å². The Hall–Kier alpha value is -4.24. The maximum atomic E-state index is 14.2. The minimum atomic E-state index is -0.983. The smallest absolute Gasteiger partial charge is 0.328 e. The SMILES string of the molecule is CC[C@H](C)[C@@H]([C@@H](CC(=O)N1CCCC1[C@H](OC)[C@@H](C)C(=O)NC(Cc1ccccc1)C(=O)OC)OC)N(C)C(=O)C(CCN=[N+]=[N-])NC(=O)C(C(C)C)N(C)C. The molecular weight excluding hydrogens is 720 g/mol. The Morgan fingerprint density at radius 3 is 2.14 bits per heavy atom. The lowest BCUT2D eigenvalue weighted by molar-refractivity contribution is -0.148. The molecule has 1 fully saturated rings. The highest BCUT2D eigenvalue weighted by Gasteiger charge is 2.43. The second-order valence-electron chi connectivity index (χ2n) is 15.3. The summed E-state index contributed by atoms with van der Waals surface area (Å²) in [4.78, 5) is 76.2. The van der Waals surface area contributed by atoms with E-state index in [9.17, 15) is 24.0 Å². The molecule has 4 unspecified atom stereocenters. The van der Waals surface area contributed by atoms with Gasteiger partial charge in [0.15, 0.2) is 0 Å². The van der Waals surface area contributed by atoms with Gasteiger partial charge in [0.1, 0.15) is 12.1 Å². The molecule has 0 radical (unpaired) electrons. The lowest BCUT2D eigenvalue weighted by Crippen LogP contribution is -2.58. The summed E-state index contributed by atoms with van der Waals surface area (Å²) in [6, 6.07) is 5.95. The number of likely N-dealkylation sites (N-methyl/N-ethyl adjacent to an activating group) is 2. The van der Waals surface area contributed by atoms with Crippen LogP contribution >= 0.6 is 0 Å². The number of methoxy groups -OCH3 is 3. The van der Waals surface area contributed by atoms with Crippen LogP contribution in [-0.4, -0.2) is 142 Å². The summed E-state index contributed by atoms with van der Waals surface area (Å²) in [6.45, 7) is 10.00. The molecule has 4 amide bonds. The van der Waals surface area contributed by atoms with Crippen LogP contribution in [-0.2, 0) is 44.6 Å². The minimum absolute atomic E-state index is 0.000636. The molecule has 16 nitrogen and oxygen atoms in total. The number of rotatable bonds is 23. The molecule has 1 aromatic carbocycles. The molecule has 314 valence electrons. The summed E-state index contributed by atoms with van der Waals surface area (Å²) in [6.07, 6.45) is 0.871. The molecule has 2 rings (SSSR count). The third-order valence-electron chi connectivity index (χ3n) is 11.0. The number of benzene rings is 1. The number of nitrogens with one attached hydrogen (secondary N) is 2. The molecule has 9 atom stereocenters. The van der Waals surface area contributed by atoms with Crippen LogP contribution < -0.4 is 10.6 Å². The Bertz CT molecular complexity index is 1470. The van der Waals surface area contributed by atoms with Crippen molar-refractivity contribution in [2.45, 2.75) is 116 Å². The topological polar surface area (TPSA) is 196 Å². The van der Waals surface area contributed by atoms with Gasteiger partial charge < -0.3 is 34.6 Å². The van der Waals surface area contributed by atoms with E-state index in [1.165, 1.54) is 21.3 Å². The first-order valence-corrected chi connectivity index (χ1v) is 19.6. The Morgan fingerprint density at radius 2 is 1.61 bits per heavy atom. The lowest BCUT2D eigenvalue weighted by atomic mass is 9.89. The summed E-state index contributed by atoms with van der Waals surface area (Å²) in [5.74, 6) is -2.75. The van der Waals surface area contributed by atoms with Gasteiger partial charge in [-0.15, -0.1) is 0 Å². The van der Waals surface area contributed by atoms with Crippen molar-refractivity contribution in [1.82, 2.24) is 25.3 Å². The van der Waals surface area contributed by atoms with E-state index in [4.69, 9.17) is 19.7 Å². The number of hydrogen-bond donors (Lipinski definition) is 2. The van der Waals surface area contributed by atoms with Crippen molar-refractivity contribution >= 4 is 29.6 Å². The van der Waals surface area contributed by atoms with Crippen LogP contribution in [0.15, 0.2) is 35.4 Å². The zero-order valence-corrected chi connectivity index (χ0v) is 35.3. The van der Waals surface area contributed by atoms with E-state index >= 15 is 0 Å². The number of carbonyl (C=O) groups excluding carboxylic acids is 5. The number of ether oxygens (including phenoxy) is 3. The number of esters is 1. The van der Waals surface area contributed by atoms with Gasteiger partial charge in [-0.3, -0.25) is 24.1 Å². The van der Waals surface area contributed by atoms with E-state index in [2.05, 4.69) is 20.7 Å². The van der Waals surface area contributed by atoms with E-state index in [0.717, 1.165) is 5.56 Å². The van der Waals surface area contributed by atoms with Crippen molar-refractivity contribution < 1.29 is 38.2 Å². The van der Waals surface area contributed by atoms with Gasteiger partial charge in [0.05, 0.1) is 49.8 Å². The molecule has 1 saturated heterocycles. The van der Waals surface area contributed by atoms with Crippen LogP contribution in [0.1, 0.15) is 72.3 Å². The highest BCUT2D eigenvalue weighted by Crippen LogP contribution is 2.29. The van der Waals surface area contributed by atoms with Gasteiger partial charge in [0.25, 0.3) is 0 Å². The summed E-state index contributed by atoms with van der Waals surface area (Å²) in [5, 5.41) is 9.37. The van der Waals surface area contributed by atoms with Crippen LogP contribution in [0.5, 0.6) is 0 Å². The summed E-state index contributed by atoms with van der Waals surface area (Å²) in [7, 11) is 9.54. The number of azide groups is 1. The molecule has 1 aliphatic heterocycles. The predicted molar refractivity (Wildman–Crippen MR) is 213 cm³/mol. The predicted octanol–water partition coefficient (Wildman–Crippen LogP) is 3.58. The molecule has 0 aromatic heterocycles. The second kappa shape index (κ2) is 23.7. The first-order valence-electron chi connectivity index (χ1n) is 19.6. The first-order chi connectivity index (χ1) is 26.6. The summed E-state index contributed by atoms with van der Waals surface area (Å²) < 4.78 is 16.9. The zero-order chi connectivity index (χ0) is 42.1. The fourth-order valence-electron chi connectivity index (χ4n) is 7.92. The van der Waals surface area contributed by atoms with Crippen LogP contribution in [0, 0.1) is 17.8 Å². The van der Waals surface area contributed by atoms with Crippen molar-refractivity contribution in [3.8, 4) is 0 Å². The zero-order valence-electron chi connectivity index (χ0n) is 35.3. The molecule has 0 saturated carbocycles. The van der Waals surface area contributed by atoms with Gasteiger partial charge in [-0.2, -0.15) is 0 Å². The van der Waals surface area contributed by atoms with E-state index in [0.29, 0.717) is 25.8 Å². The quantitative estimate of drug-likeness (QED) is 0.0722. The van der Waals surface area contributed by atoms with Crippen molar-refractivity contribution in [2.75, 3.05) is 55.6 Å². The monoisotopic (exact) mass is 787 g/mol. The van der Waals surface area contributed by atoms with Gasteiger partial charge in [-0.05, 0) is 56.3 Å². The van der Waals surface area contributed by atoms with E-state index in [-0.39, 0.29) is 55.4 Å². The molecule has 0 aliphatic carbocycles. The average molecular weight is 787 g/mol. The number of hydrogen-bond acceptors (Lipinski definition) is 10. The number of likely N-dealkylation sites (tertiary alicyclic amines) is 1. The maximum absolute atomic E-state index is 14.2. The molecule has 16 heteroatoms. The van der Waals surface area contributed by atoms with Crippen LogP contribution in [0.3, 0.4) is 0 Å². The molecule has 0 bridgehead atoms.